The van der Waals surface area contributed by atoms with E-state index in [4.69, 9.17) is 4.43 Å². The van der Waals surface area contributed by atoms with E-state index in [0.29, 0.717) is 6.61 Å². The Labute approximate surface area is 122 Å². The highest BCUT2D eigenvalue weighted by Gasteiger charge is 2.37. The van der Waals surface area contributed by atoms with Gasteiger partial charge in [0.25, 0.3) is 0 Å². The van der Waals surface area contributed by atoms with Gasteiger partial charge in [-0.3, -0.25) is 0 Å². The summed E-state index contributed by atoms with van der Waals surface area (Å²) < 4.78 is 6.22. The summed E-state index contributed by atoms with van der Waals surface area (Å²) in [4.78, 5) is 8.02. The average Bonchev–Trinajstić information content (AvgIpc) is 2.68. The summed E-state index contributed by atoms with van der Waals surface area (Å²) in [6.07, 6.45) is 0. The number of nitrogens with zero attached hydrogens (tertiary/aromatic N) is 1. The number of aromatic nitrogens is 2. The van der Waals surface area contributed by atoms with E-state index < -0.39 is 8.32 Å². The van der Waals surface area contributed by atoms with Gasteiger partial charge in [-0.05, 0) is 55.2 Å². The number of aryl methyl sites for hydroxylation is 2. The highest BCUT2D eigenvalue weighted by Crippen LogP contribution is 2.37. The molecule has 0 fully saturated rings. The van der Waals surface area contributed by atoms with Crippen molar-refractivity contribution in [3.05, 3.63) is 29.1 Å². The Morgan fingerprint density at radius 1 is 1.15 bits per heavy atom. The fourth-order valence-electron chi connectivity index (χ4n) is 1.86. The molecule has 0 unspecified atom stereocenters. The molecule has 20 heavy (non-hydrogen) atoms. The molecule has 1 aromatic heterocycles. The molecule has 0 bridgehead atoms. The molecule has 0 atom stereocenters. The van der Waals surface area contributed by atoms with Gasteiger partial charge in [-0.1, -0.05) is 20.8 Å². The summed E-state index contributed by atoms with van der Waals surface area (Å²) in [5, 5.41) is 0.228. The van der Waals surface area contributed by atoms with Crippen LogP contribution in [0.1, 0.15) is 37.7 Å². The zero-order valence-corrected chi connectivity index (χ0v) is 14.7. The van der Waals surface area contributed by atoms with Gasteiger partial charge in [-0.15, -0.1) is 0 Å². The Hall–Kier alpha value is -1.13. The van der Waals surface area contributed by atoms with E-state index in [1.165, 1.54) is 11.1 Å². The summed E-state index contributed by atoms with van der Waals surface area (Å²) in [5.41, 5.74) is 4.70. The molecule has 0 saturated heterocycles. The lowest BCUT2D eigenvalue weighted by Gasteiger charge is -2.35. The van der Waals surface area contributed by atoms with Crippen LogP contribution in [0.2, 0.25) is 18.1 Å². The number of imidazole rings is 1. The number of benzene rings is 1. The fraction of sp³-hybridized carbons (Fsp3) is 0.562. The fourth-order valence-corrected chi connectivity index (χ4v) is 2.79. The average molecular weight is 290 g/mol. The van der Waals surface area contributed by atoms with Crippen LogP contribution in [0.3, 0.4) is 0 Å². The summed E-state index contributed by atoms with van der Waals surface area (Å²) in [6, 6.07) is 4.30. The third-order valence-electron chi connectivity index (χ3n) is 4.52. The van der Waals surface area contributed by atoms with Crippen LogP contribution in [0.4, 0.5) is 0 Å². The number of aromatic amines is 1. The molecule has 0 amide bonds. The largest absolute Gasteiger partial charge is 0.409 e. The maximum Gasteiger partial charge on any atom is 0.192 e. The first-order valence-corrected chi connectivity index (χ1v) is 10.1. The van der Waals surface area contributed by atoms with Gasteiger partial charge in [0, 0.05) is 0 Å². The topological polar surface area (TPSA) is 37.9 Å². The molecule has 4 heteroatoms. The molecule has 0 aliphatic heterocycles. The van der Waals surface area contributed by atoms with Gasteiger partial charge < -0.3 is 9.41 Å². The molecule has 0 aliphatic carbocycles. The summed E-state index contributed by atoms with van der Waals surface area (Å²) in [5.74, 6) is 0.926. The van der Waals surface area contributed by atoms with Crippen molar-refractivity contribution in [1.29, 1.82) is 0 Å². The summed E-state index contributed by atoms with van der Waals surface area (Å²) in [6.45, 7) is 16.1. The first-order chi connectivity index (χ1) is 9.10. The van der Waals surface area contributed by atoms with Crippen molar-refractivity contribution in [3.8, 4) is 0 Å². The Bertz CT molecular complexity index is 584. The van der Waals surface area contributed by atoms with Crippen molar-refractivity contribution in [3.63, 3.8) is 0 Å². The second-order valence-electron chi connectivity index (χ2n) is 7.19. The minimum atomic E-state index is -1.72. The first-order valence-electron chi connectivity index (χ1n) is 7.20. The number of rotatable bonds is 3. The van der Waals surface area contributed by atoms with Crippen molar-refractivity contribution in [2.45, 2.75) is 59.4 Å². The van der Waals surface area contributed by atoms with E-state index in [2.05, 4.69) is 69.8 Å². The number of nitrogens with one attached hydrogen (secondary N) is 1. The van der Waals surface area contributed by atoms with Crippen molar-refractivity contribution >= 4 is 19.4 Å². The lowest BCUT2D eigenvalue weighted by molar-refractivity contribution is 0.269. The third kappa shape index (κ3) is 2.96. The van der Waals surface area contributed by atoms with Gasteiger partial charge in [0.2, 0.25) is 0 Å². The van der Waals surface area contributed by atoms with Gasteiger partial charge in [0.15, 0.2) is 8.32 Å². The van der Waals surface area contributed by atoms with Crippen molar-refractivity contribution in [1.82, 2.24) is 9.97 Å². The highest BCUT2D eigenvalue weighted by atomic mass is 28.4. The molecule has 0 spiro atoms. The molecular formula is C16H26N2OSi. The maximum atomic E-state index is 6.22. The van der Waals surface area contributed by atoms with E-state index in [-0.39, 0.29) is 5.04 Å². The molecule has 1 aromatic carbocycles. The van der Waals surface area contributed by atoms with Crippen molar-refractivity contribution in [2.24, 2.45) is 0 Å². The van der Waals surface area contributed by atoms with Crippen LogP contribution in [-0.2, 0) is 11.0 Å². The Kier molecular flexibility index (Phi) is 3.82. The Balaban J connectivity index is 2.19. The maximum absolute atomic E-state index is 6.22. The minimum absolute atomic E-state index is 0.228. The van der Waals surface area contributed by atoms with Gasteiger partial charge >= 0.3 is 0 Å². The molecule has 0 saturated carbocycles. The molecule has 0 radical (unpaired) electrons. The number of fused-ring (bicyclic) bond motifs is 1. The number of H-pyrrole nitrogens is 1. The van der Waals surface area contributed by atoms with Crippen LogP contribution >= 0.6 is 0 Å². The van der Waals surface area contributed by atoms with E-state index in [1.807, 2.05) is 0 Å². The van der Waals surface area contributed by atoms with E-state index in [0.717, 1.165) is 16.9 Å². The van der Waals surface area contributed by atoms with Crippen LogP contribution in [-0.4, -0.2) is 18.3 Å². The standard InChI is InChI=1S/C16H26N2OSi/c1-11-8-13-14(9-12(11)2)18-15(17-13)10-19-20(6,7)16(3,4)5/h8-9H,10H2,1-7H3,(H,17,18). The molecule has 1 N–H and O–H groups in total. The highest BCUT2D eigenvalue weighted by molar-refractivity contribution is 6.74. The quantitative estimate of drug-likeness (QED) is 0.832. The molecule has 3 nitrogen and oxygen atoms in total. The third-order valence-corrected chi connectivity index (χ3v) is 9.00. The predicted molar refractivity (Wildman–Crippen MR) is 87.6 cm³/mol. The lowest BCUT2D eigenvalue weighted by Crippen LogP contribution is -2.40. The zero-order valence-electron chi connectivity index (χ0n) is 13.7. The van der Waals surface area contributed by atoms with Crippen LogP contribution in [0.15, 0.2) is 12.1 Å². The molecule has 1 heterocycles. The monoisotopic (exact) mass is 290 g/mol. The summed E-state index contributed by atoms with van der Waals surface area (Å²) in [7, 11) is -1.72. The van der Waals surface area contributed by atoms with Crippen LogP contribution in [0.5, 0.6) is 0 Å². The molecule has 0 aliphatic rings. The minimum Gasteiger partial charge on any atom is -0.409 e. The van der Waals surface area contributed by atoms with Crippen molar-refractivity contribution in [2.75, 3.05) is 0 Å². The van der Waals surface area contributed by atoms with Crippen LogP contribution in [0.25, 0.3) is 11.0 Å². The Morgan fingerprint density at radius 2 is 1.75 bits per heavy atom. The summed E-state index contributed by atoms with van der Waals surface area (Å²) >= 11 is 0. The molecule has 110 valence electrons. The normalized spacial score (nSPS) is 13.2. The lowest BCUT2D eigenvalue weighted by atomic mass is 10.1. The number of hydrogen-bond donors (Lipinski definition) is 1. The second-order valence-corrected chi connectivity index (χ2v) is 12.0. The van der Waals surface area contributed by atoms with Crippen LogP contribution < -0.4 is 0 Å². The number of hydrogen-bond acceptors (Lipinski definition) is 2. The van der Waals surface area contributed by atoms with Crippen LogP contribution in [0, 0.1) is 13.8 Å². The van der Waals surface area contributed by atoms with Crippen molar-refractivity contribution < 1.29 is 4.43 Å². The van der Waals surface area contributed by atoms with Gasteiger partial charge in [0.05, 0.1) is 17.6 Å². The molecule has 2 aromatic rings. The second kappa shape index (κ2) is 5.01. The SMILES string of the molecule is Cc1cc2nc(CO[Si](C)(C)C(C)(C)C)[nH]c2cc1C. The predicted octanol–water partition coefficient (Wildman–Crippen LogP) is 4.70. The smallest absolute Gasteiger partial charge is 0.192 e. The molecular weight excluding hydrogens is 264 g/mol. The van der Waals surface area contributed by atoms with E-state index >= 15 is 0 Å². The van der Waals surface area contributed by atoms with Gasteiger partial charge in [-0.25, -0.2) is 4.98 Å². The molecule has 2 rings (SSSR count). The van der Waals surface area contributed by atoms with E-state index in [1.54, 1.807) is 0 Å². The zero-order chi connectivity index (χ0) is 15.1. The van der Waals surface area contributed by atoms with E-state index in [9.17, 15) is 0 Å². The Morgan fingerprint density at radius 3 is 2.35 bits per heavy atom. The van der Waals surface area contributed by atoms with Gasteiger partial charge in [0.1, 0.15) is 5.82 Å². The first kappa shape index (κ1) is 15.3. The van der Waals surface area contributed by atoms with Gasteiger partial charge in [-0.2, -0.15) is 0 Å².